The van der Waals surface area contributed by atoms with Gasteiger partial charge in [0.15, 0.2) is 0 Å². The zero-order valence-corrected chi connectivity index (χ0v) is 23.0. The Hall–Kier alpha value is -3.19. The van der Waals surface area contributed by atoms with Gasteiger partial charge >= 0.3 is 13.8 Å². The van der Waals surface area contributed by atoms with E-state index in [9.17, 15) is 0 Å². The predicted octanol–water partition coefficient (Wildman–Crippen LogP) is 2.18. The molecular formula is C32H38B2N2O3. The van der Waals surface area contributed by atoms with Crippen LogP contribution in [0.4, 0.5) is 0 Å². The molecule has 0 radical (unpaired) electrons. The highest BCUT2D eigenvalue weighted by Gasteiger charge is 2.22. The molecule has 4 rings (SSSR count). The standard InChI is InChI=1S/C32H38B2N2O3/c1-25-3-11-29(12-4-25)33(38-21-19-35)31-15-7-27(8-16-31)23-37-24-28-9-17-32(18-10-28)34(39-22-20-36)30-13-5-26(2)6-14-30/h3-18H,19-24,35-36H2,1-2H3. The maximum atomic E-state index is 6.09. The van der Waals surface area contributed by atoms with Gasteiger partial charge in [-0.3, -0.25) is 0 Å². The number of hydrogen-bond donors (Lipinski definition) is 2. The summed E-state index contributed by atoms with van der Waals surface area (Å²) in [6.07, 6.45) is 0. The molecule has 0 aliphatic rings. The first-order valence-electron chi connectivity index (χ1n) is 13.6. The second kappa shape index (κ2) is 14.8. The molecule has 7 heteroatoms. The minimum absolute atomic E-state index is 0.139. The van der Waals surface area contributed by atoms with Gasteiger partial charge in [-0.05, 0) is 46.8 Å². The van der Waals surface area contributed by atoms with Crippen molar-refractivity contribution in [1.82, 2.24) is 0 Å². The topological polar surface area (TPSA) is 79.7 Å². The highest BCUT2D eigenvalue weighted by Crippen LogP contribution is 2.07. The van der Waals surface area contributed by atoms with Gasteiger partial charge in [-0.15, -0.1) is 0 Å². The third kappa shape index (κ3) is 8.40. The first kappa shape index (κ1) is 28.8. The Morgan fingerprint density at radius 2 is 0.795 bits per heavy atom. The largest absolute Gasteiger partial charge is 0.426 e. The van der Waals surface area contributed by atoms with E-state index in [0.717, 1.165) is 33.0 Å². The van der Waals surface area contributed by atoms with Crippen LogP contribution in [-0.2, 0) is 27.3 Å². The Morgan fingerprint density at radius 3 is 1.10 bits per heavy atom. The van der Waals surface area contributed by atoms with E-state index in [1.165, 1.54) is 11.1 Å². The molecule has 0 fully saturated rings. The molecule has 0 saturated heterocycles. The summed E-state index contributed by atoms with van der Waals surface area (Å²) in [6.45, 7) is 6.95. The lowest BCUT2D eigenvalue weighted by Crippen LogP contribution is -2.45. The molecule has 4 aromatic rings. The highest BCUT2D eigenvalue weighted by molar-refractivity contribution is 6.80. The molecule has 0 aliphatic carbocycles. The summed E-state index contributed by atoms with van der Waals surface area (Å²) >= 11 is 0. The first-order chi connectivity index (χ1) is 19.1. The van der Waals surface area contributed by atoms with Crippen LogP contribution in [-0.4, -0.2) is 40.1 Å². The van der Waals surface area contributed by atoms with Crippen molar-refractivity contribution in [3.8, 4) is 0 Å². The number of aryl methyl sites for hydroxylation is 2. The lowest BCUT2D eigenvalue weighted by Gasteiger charge is -2.16. The van der Waals surface area contributed by atoms with Gasteiger partial charge in [0.1, 0.15) is 0 Å². The number of nitrogens with two attached hydrogens (primary N) is 2. The third-order valence-corrected chi connectivity index (χ3v) is 6.67. The Balaban J connectivity index is 1.35. The maximum absolute atomic E-state index is 6.09. The van der Waals surface area contributed by atoms with E-state index < -0.39 is 0 Å². The molecular weight excluding hydrogens is 482 g/mol. The summed E-state index contributed by atoms with van der Waals surface area (Å²) in [5.74, 6) is 0. The molecule has 0 aliphatic heterocycles. The summed E-state index contributed by atoms with van der Waals surface area (Å²) in [6, 6.07) is 33.8. The van der Waals surface area contributed by atoms with Crippen LogP contribution < -0.4 is 33.3 Å². The molecule has 0 unspecified atom stereocenters. The van der Waals surface area contributed by atoms with Gasteiger partial charge in [0.25, 0.3) is 0 Å². The average molecular weight is 520 g/mol. The first-order valence-corrected chi connectivity index (χ1v) is 13.6. The van der Waals surface area contributed by atoms with Crippen molar-refractivity contribution in [2.45, 2.75) is 27.1 Å². The molecule has 39 heavy (non-hydrogen) atoms. The van der Waals surface area contributed by atoms with E-state index in [-0.39, 0.29) is 13.8 Å². The molecule has 4 aromatic carbocycles. The maximum Gasteiger partial charge on any atom is 0.361 e. The molecule has 0 bridgehead atoms. The van der Waals surface area contributed by atoms with Crippen LogP contribution >= 0.6 is 0 Å². The molecule has 200 valence electrons. The molecule has 0 spiro atoms. The second-order valence-corrected chi connectivity index (χ2v) is 9.88. The van der Waals surface area contributed by atoms with Crippen LogP contribution in [0.1, 0.15) is 22.3 Å². The molecule has 0 saturated carbocycles. The van der Waals surface area contributed by atoms with Gasteiger partial charge in [-0.2, -0.15) is 0 Å². The summed E-state index contributed by atoms with van der Waals surface area (Å²) in [5.41, 5.74) is 20.6. The Morgan fingerprint density at radius 1 is 0.487 bits per heavy atom. The van der Waals surface area contributed by atoms with Crippen molar-refractivity contribution in [1.29, 1.82) is 0 Å². The van der Waals surface area contributed by atoms with Gasteiger partial charge in [0.2, 0.25) is 0 Å². The van der Waals surface area contributed by atoms with Gasteiger partial charge in [0, 0.05) is 26.3 Å². The minimum atomic E-state index is -0.139. The lowest BCUT2D eigenvalue weighted by atomic mass is 9.55. The van der Waals surface area contributed by atoms with Crippen LogP contribution in [0.15, 0.2) is 97.1 Å². The molecule has 0 atom stereocenters. The Bertz CT molecular complexity index is 1160. The zero-order chi connectivity index (χ0) is 27.5. The second-order valence-electron chi connectivity index (χ2n) is 9.88. The van der Waals surface area contributed by atoms with Gasteiger partial charge in [0.05, 0.1) is 13.2 Å². The van der Waals surface area contributed by atoms with E-state index in [0.29, 0.717) is 39.5 Å². The van der Waals surface area contributed by atoms with Crippen molar-refractivity contribution >= 4 is 35.7 Å². The van der Waals surface area contributed by atoms with E-state index in [4.69, 9.17) is 25.5 Å². The number of hydrogen-bond acceptors (Lipinski definition) is 5. The van der Waals surface area contributed by atoms with Crippen LogP contribution in [0.3, 0.4) is 0 Å². The van der Waals surface area contributed by atoms with E-state index in [2.05, 4.69) is 111 Å². The van der Waals surface area contributed by atoms with Gasteiger partial charge < -0.3 is 25.5 Å². The summed E-state index contributed by atoms with van der Waals surface area (Å²) in [5, 5.41) is 0. The molecule has 0 aromatic heterocycles. The molecule has 5 nitrogen and oxygen atoms in total. The molecule has 4 N–H and O–H groups in total. The van der Waals surface area contributed by atoms with Crippen molar-refractivity contribution in [3.63, 3.8) is 0 Å². The van der Waals surface area contributed by atoms with Crippen molar-refractivity contribution in [2.24, 2.45) is 11.5 Å². The van der Waals surface area contributed by atoms with Crippen molar-refractivity contribution < 1.29 is 14.0 Å². The van der Waals surface area contributed by atoms with Crippen LogP contribution in [0.25, 0.3) is 0 Å². The zero-order valence-electron chi connectivity index (χ0n) is 23.0. The number of ether oxygens (including phenoxy) is 1. The lowest BCUT2D eigenvalue weighted by molar-refractivity contribution is 0.107. The molecule has 0 amide bonds. The summed E-state index contributed by atoms with van der Waals surface area (Å²) in [4.78, 5) is 0. The van der Waals surface area contributed by atoms with E-state index in [1.807, 2.05) is 0 Å². The van der Waals surface area contributed by atoms with E-state index in [1.54, 1.807) is 0 Å². The minimum Gasteiger partial charge on any atom is -0.426 e. The predicted molar refractivity (Wildman–Crippen MR) is 164 cm³/mol. The van der Waals surface area contributed by atoms with Gasteiger partial charge in [-0.25, -0.2) is 0 Å². The molecule has 0 heterocycles. The van der Waals surface area contributed by atoms with E-state index >= 15 is 0 Å². The fourth-order valence-electron chi connectivity index (χ4n) is 4.49. The third-order valence-electron chi connectivity index (χ3n) is 6.67. The van der Waals surface area contributed by atoms with Gasteiger partial charge in [-0.1, -0.05) is 108 Å². The summed E-state index contributed by atoms with van der Waals surface area (Å²) < 4.78 is 18.2. The highest BCUT2D eigenvalue weighted by atomic mass is 16.5. The SMILES string of the molecule is Cc1ccc(B(OCCN)c2ccc(COCc3ccc(B(OCCN)c4ccc(C)cc4)cc3)cc2)cc1. The monoisotopic (exact) mass is 520 g/mol. The Labute approximate surface area is 233 Å². The van der Waals surface area contributed by atoms with Crippen LogP contribution in [0.2, 0.25) is 0 Å². The van der Waals surface area contributed by atoms with Crippen LogP contribution in [0, 0.1) is 13.8 Å². The van der Waals surface area contributed by atoms with Crippen molar-refractivity contribution in [2.75, 3.05) is 26.3 Å². The van der Waals surface area contributed by atoms with Crippen LogP contribution in [0.5, 0.6) is 0 Å². The quantitative estimate of drug-likeness (QED) is 0.250. The average Bonchev–Trinajstić information content (AvgIpc) is 2.96. The van der Waals surface area contributed by atoms with Crippen molar-refractivity contribution in [3.05, 3.63) is 119 Å². The normalized spacial score (nSPS) is 11.0. The fraction of sp³-hybridized carbons (Fsp3) is 0.250. The Kier molecular flexibility index (Phi) is 11.0. The fourth-order valence-corrected chi connectivity index (χ4v) is 4.49. The summed E-state index contributed by atoms with van der Waals surface area (Å²) in [7, 11) is 0. The smallest absolute Gasteiger partial charge is 0.361 e. The number of rotatable bonds is 14. The number of benzene rings is 4.